The van der Waals surface area contributed by atoms with Gasteiger partial charge in [-0.3, -0.25) is 10.1 Å². The zero-order chi connectivity index (χ0) is 36.0. The predicted octanol–water partition coefficient (Wildman–Crippen LogP) is 6.21. The average Bonchev–Trinajstić information content (AvgIpc) is 3.41. The van der Waals surface area contributed by atoms with Crippen molar-refractivity contribution in [2.75, 3.05) is 27.4 Å². The third-order valence-electron chi connectivity index (χ3n) is 8.62. The number of nitrogens with one attached hydrogen (secondary N) is 1. The molecule has 2 aliphatic rings. The molecule has 0 aliphatic carbocycles. The number of methoxy groups -OCH3 is 2. The number of non-ortho nitro benzene ring substituents is 1. The zero-order valence-electron chi connectivity index (χ0n) is 29.0. The quantitative estimate of drug-likeness (QED) is 0.125. The lowest BCUT2D eigenvalue weighted by atomic mass is 9.80. The van der Waals surface area contributed by atoms with E-state index in [1.165, 1.54) is 25.3 Å². The van der Waals surface area contributed by atoms with Gasteiger partial charge in [-0.2, -0.15) is 0 Å². The molecule has 1 fully saturated rings. The van der Waals surface area contributed by atoms with Crippen molar-refractivity contribution in [3.63, 3.8) is 0 Å². The van der Waals surface area contributed by atoms with E-state index in [1.54, 1.807) is 27.0 Å². The molecule has 50 heavy (non-hydrogen) atoms. The van der Waals surface area contributed by atoms with Crippen LogP contribution in [0.3, 0.4) is 0 Å². The van der Waals surface area contributed by atoms with Gasteiger partial charge in [-0.15, -0.1) is 0 Å². The van der Waals surface area contributed by atoms with E-state index in [4.69, 9.17) is 28.4 Å². The van der Waals surface area contributed by atoms with Crippen molar-refractivity contribution in [1.29, 1.82) is 0 Å². The van der Waals surface area contributed by atoms with Crippen molar-refractivity contribution in [3.05, 3.63) is 128 Å². The molecule has 12 heteroatoms. The van der Waals surface area contributed by atoms with Crippen molar-refractivity contribution in [2.45, 2.75) is 64.6 Å². The summed E-state index contributed by atoms with van der Waals surface area (Å²) in [6, 6.07) is 21.5. The molecule has 1 saturated heterocycles. The van der Waals surface area contributed by atoms with Crippen molar-refractivity contribution in [2.24, 2.45) is 0 Å². The third kappa shape index (κ3) is 8.21. The summed E-state index contributed by atoms with van der Waals surface area (Å²) in [5, 5.41) is 14.6. The molecule has 2 heterocycles. The Hall–Kier alpha value is -5.04. The van der Waals surface area contributed by atoms with E-state index >= 15 is 0 Å². The predicted molar refractivity (Wildman–Crippen MR) is 183 cm³/mol. The van der Waals surface area contributed by atoms with Crippen LogP contribution in [0.1, 0.15) is 62.0 Å². The van der Waals surface area contributed by atoms with Gasteiger partial charge in [0, 0.05) is 29.9 Å². The van der Waals surface area contributed by atoms with Crippen LogP contribution in [-0.2, 0) is 46.3 Å². The van der Waals surface area contributed by atoms with Gasteiger partial charge < -0.3 is 33.7 Å². The Labute approximate surface area is 291 Å². The van der Waals surface area contributed by atoms with Crippen LogP contribution in [0, 0.1) is 10.1 Å². The molecule has 3 unspecified atom stereocenters. The molecular formula is C38H42N2O10. The third-order valence-corrected chi connectivity index (χ3v) is 8.62. The van der Waals surface area contributed by atoms with E-state index in [9.17, 15) is 19.7 Å². The van der Waals surface area contributed by atoms with Gasteiger partial charge in [-0.1, -0.05) is 54.6 Å². The smallest absolute Gasteiger partial charge is 0.336 e. The van der Waals surface area contributed by atoms with Crippen LogP contribution < -0.4 is 10.1 Å². The number of carbonyl (C=O) groups excluding carboxylic acids is 2. The second kappa shape index (κ2) is 15.7. The summed E-state index contributed by atoms with van der Waals surface area (Å²) in [6.07, 6.45) is -0.425. The van der Waals surface area contributed by atoms with E-state index in [0.29, 0.717) is 42.3 Å². The average molecular weight is 687 g/mol. The summed E-state index contributed by atoms with van der Waals surface area (Å²) in [4.78, 5) is 37.7. The Bertz CT molecular complexity index is 1800. The highest BCUT2D eigenvalue weighted by atomic mass is 16.8. The van der Waals surface area contributed by atoms with Gasteiger partial charge in [0.15, 0.2) is 5.79 Å². The van der Waals surface area contributed by atoms with Crippen LogP contribution in [0.15, 0.2) is 95.3 Å². The van der Waals surface area contributed by atoms with E-state index in [1.807, 2.05) is 62.4 Å². The minimum Gasteiger partial charge on any atom is -0.496 e. The molecule has 1 N–H and O–H groups in total. The van der Waals surface area contributed by atoms with Crippen molar-refractivity contribution >= 4 is 17.6 Å². The topological polar surface area (TPSA) is 145 Å². The molecule has 3 atom stereocenters. The Balaban J connectivity index is 1.30. The number of carbonyl (C=O) groups is 2. The van der Waals surface area contributed by atoms with Crippen LogP contribution in [0.2, 0.25) is 0 Å². The fourth-order valence-electron chi connectivity index (χ4n) is 6.38. The maximum Gasteiger partial charge on any atom is 0.336 e. The summed E-state index contributed by atoms with van der Waals surface area (Å²) in [5.74, 6) is -2.51. The molecule has 2 aliphatic heterocycles. The molecule has 0 spiro atoms. The number of esters is 2. The van der Waals surface area contributed by atoms with Gasteiger partial charge in [-0.25, -0.2) is 9.59 Å². The normalized spacial score (nSPS) is 19.9. The highest BCUT2D eigenvalue weighted by Gasteiger charge is 2.42. The molecule has 0 amide bonds. The number of ether oxygens (including phenoxy) is 6. The number of hydrogen-bond acceptors (Lipinski definition) is 11. The first-order chi connectivity index (χ1) is 23.9. The number of nitrogens with zero attached hydrogens (tertiary/aromatic N) is 1. The Morgan fingerprint density at radius 2 is 1.62 bits per heavy atom. The molecule has 264 valence electrons. The lowest BCUT2D eigenvalue weighted by Gasteiger charge is -2.30. The van der Waals surface area contributed by atoms with Gasteiger partial charge in [0.05, 0.1) is 56.0 Å². The molecular weight excluding hydrogens is 644 g/mol. The van der Waals surface area contributed by atoms with Crippen LogP contribution in [0.5, 0.6) is 5.75 Å². The van der Waals surface area contributed by atoms with Crippen molar-refractivity contribution < 1.29 is 42.9 Å². The fourth-order valence-corrected chi connectivity index (χ4v) is 6.38. The van der Waals surface area contributed by atoms with Crippen molar-refractivity contribution in [3.8, 4) is 5.75 Å². The lowest BCUT2D eigenvalue weighted by molar-refractivity contribution is -0.384. The van der Waals surface area contributed by atoms with Crippen molar-refractivity contribution in [1.82, 2.24) is 5.32 Å². The second-order valence-corrected chi connectivity index (χ2v) is 12.5. The van der Waals surface area contributed by atoms with Gasteiger partial charge in [0.1, 0.15) is 18.0 Å². The molecule has 3 aromatic carbocycles. The second-order valence-electron chi connectivity index (χ2n) is 12.5. The molecule has 0 aromatic heterocycles. The summed E-state index contributed by atoms with van der Waals surface area (Å²) >= 11 is 0. The Morgan fingerprint density at radius 3 is 2.30 bits per heavy atom. The molecule has 3 aromatic rings. The maximum atomic E-state index is 13.7. The molecule has 5 rings (SSSR count). The van der Waals surface area contributed by atoms with Gasteiger partial charge in [0.2, 0.25) is 0 Å². The largest absolute Gasteiger partial charge is 0.496 e. The highest BCUT2D eigenvalue weighted by Crippen LogP contribution is 2.41. The number of nitro groups is 1. The van der Waals surface area contributed by atoms with E-state index < -0.39 is 34.7 Å². The Morgan fingerprint density at radius 1 is 0.900 bits per heavy atom. The molecule has 0 radical (unpaired) electrons. The summed E-state index contributed by atoms with van der Waals surface area (Å²) in [5.41, 5.74) is 4.17. The lowest BCUT2D eigenvalue weighted by Crippen LogP contribution is -2.32. The molecule has 0 bridgehead atoms. The molecule has 0 saturated carbocycles. The zero-order valence-corrected chi connectivity index (χ0v) is 29.0. The summed E-state index contributed by atoms with van der Waals surface area (Å²) < 4.78 is 35.0. The minimum absolute atomic E-state index is 0.00471. The highest BCUT2D eigenvalue weighted by molar-refractivity contribution is 5.99. The van der Waals surface area contributed by atoms with Crippen LogP contribution in [-0.4, -0.2) is 56.2 Å². The number of nitro benzene ring substituents is 1. The first kappa shape index (κ1) is 36.2. The molecule has 12 nitrogen and oxygen atoms in total. The van der Waals surface area contributed by atoms with Gasteiger partial charge in [-0.05, 0) is 56.0 Å². The SMILES string of the molecule is COC(=O)C1=C(C)NC(C)=C(C(=O)OCCc2ccc(C3OC(C)(C)OC3COCc3ccccc3)cc2OC)C1c1cccc([N+](=O)[O-])c1. The Kier molecular flexibility index (Phi) is 11.4. The van der Waals surface area contributed by atoms with Crippen LogP contribution in [0.25, 0.3) is 0 Å². The number of rotatable bonds is 13. The van der Waals surface area contributed by atoms with E-state index in [-0.39, 0.29) is 29.5 Å². The first-order valence-corrected chi connectivity index (χ1v) is 16.2. The van der Waals surface area contributed by atoms with Crippen LogP contribution >= 0.6 is 0 Å². The monoisotopic (exact) mass is 686 g/mol. The van der Waals surface area contributed by atoms with Gasteiger partial charge in [0.25, 0.3) is 5.69 Å². The van der Waals surface area contributed by atoms with E-state index in [0.717, 1.165) is 16.7 Å². The summed E-state index contributed by atoms with van der Waals surface area (Å²) in [6.45, 7) is 7.88. The van der Waals surface area contributed by atoms with E-state index in [2.05, 4.69) is 5.32 Å². The number of hydrogen-bond donors (Lipinski definition) is 1. The standard InChI is InChI=1S/C38H42N2O10/c1-23-32(36(41)46-6)34(27-13-10-14-29(19-27)40(43)44)33(24(2)39-23)37(42)48-18-17-26-15-16-28(20-30(26)45-5)35-31(49-38(3,4)50-35)22-47-21-25-11-8-7-9-12-25/h7-16,19-20,31,34-35,39H,17-18,21-22H2,1-6H3. The minimum atomic E-state index is -0.951. The summed E-state index contributed by atoms with van der Waals surface area (Å²) in [7, 11) is 2.81. The number of benzene rings is 3. The van der Waals surface area contributed by atoms with Crippen LogP contribution in [0.4, 0.5) is 5.69 Å². The number of dihydropyridines is 1. The maximum absolute atomic E-state index is 13.7. The number of allylic oxidation sites excluding steroid dienone is 2. The van der Waals surface area contributed by atoms with Gasteiger partial charge >= 0.3 is 11.9 Å². The fraction of sp³-hybridized carbons (Fsp3) is 0.368. The first-order valence-electron chi connectivity index (χ1n) is 16.2.